The lowest BCUT2D eigenvalue weighted by atomic mass is 9.86. The molecule has 3 N–H and O–H groups in total. The van der Waals surface area contributed by atoms with Gasteiger partial charge in [0.15, 0.2) is 0 Å². The fourth-order valence-electron chi connectivity index (χ4n) is 1.83. The van der Waals surface area contributed by atoms with Gasteiger partial charge in [-0.25, -0.2) is 0 Å². The Labute approximate surface area is 120 Å². The Hall–Kier alpha value is -0.770. The molecule has 0 fully saturated rings. The summed E-state index contributed by atoms with van der Waals surface area (Å²) in [7, 11) is 0. The van der Waals surface area contributed by atoms with Crippen LogP contribution >= 0.6 is 11.6 Å². The number of ether oxygens (including phenoxy) is 1. The van der Waals surface area contributed by atoms with Gasteiger partial charge in [0.25, 0.3) is 0 Å². The van der Waals surface area contributed by atoms with E-state index in [-0.39, 0.29) is 11.5 Å². The fourth-order valence-corrected chi connectivity index (χ4v) is 2.00. The van der Waals surface area contributed by atoms with Crippen LogP contribution in [-0.4, -0.2) is 30.9 Å². The molecule has 0 aromatic heterocycles. The highest BCUT2D eigenvalue weighted by atomic mass is 35.5. The minimum absolute atomic E-state index is 0.00353. The lowest BCUT2D eigenvalue weighted by molar-refractivity contribution is -0.661. The van der Waals surface area contributed by atoms with Crippen LogP contribution in [0, 0.1) is 0 Å². The monoisotopic (exact) mass is 286 g/mol. The summed E-state index contributed by atoms with van der Waals surface area (Å²) in [5, 5.41) is 12.0. The molecule has 3 nitrogen and oxygen atoms in total. The van der Waals surface area contributed by atoms with Crippen LogP contribution in [0.15, 0.2) is 18.2 Å². The molecule has 0 radical (unpaired) electrons. The molecular formula is C15H25ClNO2+. The van der Waals surface area contributed by atoms with E-state index in [0.29, 0.717) is 13.2 Å². The number of nitrogens with two attached hydrogens (primary N) is 1. The van der Waals surface area contributed by atoms with Gasteiger partial charge in [-0.15, -0.1) is 0 Å². The van der Waals surface area contributed by atoms with Crippen molar-refractivity contribution in [1.82, 2.24) is 0 Å². The summed E-state index contributed by atoms with van der Waals surface area (Å²) in [5.74, 6) is 0.891. The minimum atomic E-state index is -0.277. The summed E-state index contributed by atoms with van der Waals surface area (Å²) < 4.78 is 5.83. The molecule has 19 heavy (non-hydrogen) atoms. The van der Waals surface area contributed by atoms with Gasteiger partial charge < -0.3 is 15.2 Å². The fraction of sp³-hybridized carbons (Fsp3) is 0.600. The van der Waals surface area contributed by atoms with E-state index in [1.165, 1.54) is 0 Å². The van der Waals surface area contributed by atoms with E-state index < -0.39 is 0 Å². The van der Waals surface area contributed by atoms with Gasteiger partial charge in [0.05, 0.1) is 6.10 Å². The highest BCUT2D eigenvalue weighted by Crippen LogP contribution is 2.33. The first-order chi connectivity index (χ1) is 8.80. The van der Waals surface area contributed by atoms with Gasteiger partial charge in [-0.2, -0.15) is 0 Å². The maximum Gasteiger partial charge on any atom is 0.137 e. The van der Waals surface area contributed by atoms with Gasteiger partial charge >= 0.3 is 0 Å². The second kappa shape index (κ2) is 7.13. The smallest absolute Gasteiger partial charge is 0.137 e. The Morgan fingerprint density at radius 2 is 2.05 bits per heavy atom. The van der Waals surface area contributed by atoms with E-state index in [2.05, 4.69) is 26.1 Å². The Bertz CT molecular complexity index is 400. The number of halogens is 1. The molecule has 0 amide bonds. The third kappa shape index (κ3) is 5.81. The van der Waals surface area contributed by atoms with Crippen LogP contribution in [0.1, 0.15) is 33.3 Å². The number of aliphatic hydroxyl groups excluding tert-OH is 1. The lowest BCUT2D eigenvalue weighted by Gasteiger charge is -2.23. The Morgan fingerprint density at radius 3 is 2.63 bits per heavy atom. The average Bonchev–Trinajstić information content (AvgIpc) is 2.28. The summed E-state index contributed by atoms with van der Waals surface area (Å²) >= 11 is 6.05. The largest absolute Gasteiger partial charge is 0.487 e. The second-order valence-electron chi connectivity index (χ2n) is 5.90. The quantitative estimate of drug-likeness (QED) is 0.786. The molecule has 0 aliphatic carbocycles. The van der Waals surface area contributed by atoms with Crippen molar-refractivity contribution in [2.75, 3.05) is 19.7 Å². The molecule has 0 aliphatic rings. The van der Waals surface area contributed by atoms with E-state index in [1.54, 1.807) is 6.92 Å². The lowest BCUT2D eigenvalue weighted by Crippen LogP contribution is -2.87. The molecule has 0 unspecified atom stereocenters. The van der Waals surface area contributed by atoms with E-state index in [4.69, 9.17) is 21.4 Å². The number of rotatable bonds is 6. The van der Waals surface area contributed by atoms with E-state index in [9.17, 15) is 0 Å². The van der Waals surface area contributed by atoms with Crippen molar-refractivity contribution in [3.63, 3.8) is 0 Å². The summed E-state index contributed by atoms with van der Waals surface area (Å²) in [4.78, 5) is 0. The molecule has 108 valence electrons. The third-order valence-electron chi connectivity index (χ3n) is 2.84. The zero-order chi connectivity index (χ0) is 14.5. The second-order valence-corrected chi connectivity index (χ2v) is 6.34. The van der Waals surface area contributed by atoms with E-state index >= 15 is 0 Å². The number of hydrogen-bond donors (Lipinski definition) is 2. The number of benzene rings is 1. The molecule has 0 bridgehead atoms. The van der Waals surface area contributed by atoms with Crippen LogP contribution in [0.2, 0.25) is 5.02 Å². The van der Waals surface area contributed by atoms with E-state index in [1.807, 2.05) is 18.2 Å². The predicted octanol–water partition coefficient (Wildman–Crippen LogP) is 1.96. The molecule has 0 saturated carbocycles. The van der Waals surface area contributed by atoms with E-state index in [0.717, 1.165) is 22.9 Å². The molecule has 0 aliphatic heterocycles. The summed E-state index contributed by atoms with van der Waals surface area (Å²) in [6.45, 7) is 10.4. The van der Waals surface area contributed by atoms with Gasteiger partial charge in [0.1, 0.15) is 25.4 Å². The van der Waals surface area contributed by atoms with Crippen LogP contribution < -0.4 is 10.1 Å². The van der Waals surface area contributed by atoms with Crippen LogP contribution in [0.3, 0.4) is 0 Å². The highest BCUT2D eigenvalue weighted by molar-refractivity contribution is 6.30. The van der Waals surface area contributed by atoms with Gasteiger partial charge in [0.2, 0.25) is 0 Å². The first kappa shape index (κ1) is 16.3. The van der Waals surface area contributed by atoms with Crippen molar-refractivity contribution >= 4 is 11.6 Å². The van der Waals surface area contributed by atoms with Crippen molar-refractivity contribution in [3.05, 3.63) is 28.8 Å². The normalized spacial score (nSPS) is 13.4. The molecule has 1 aromatic rings. The van der Waals surface area contributed by atoms with Gasteiger partial charge in [0, 0.05) is 10.6 Å². The van der Waals surface area contributed by atoms with Crippen LogP contribution in [0.4, 0.5) is 0 Å². The van der Waals surface area contributed by atoms with Crippen molar-refractivity contribution < 1.29 is 15.2 Å². The Balaban J connectivity index is 2.58. The minimum Gasteiger partial charge on any atom is -0.487 e. The van der Waals surface area contributed by atoms with Gasteiger partial charge in [-0.05, 0) is 30.5 Å². The SMILES string of the molecule is C[C@H](O)C[NH2+]CCOc1ccc(Cl)cc1C(C)(C)C. The first-order valence-corrected chi connectivity index (χ1v) is 7.11. The predicted molar refractivity (Wildman–Crippen MR) is 79.0 cm³/mol. The molecule has 0 saturated heterocycles. The summed E-state index contributed by atoms with van der Waals surface area (Å²) in [5.41, 5.74) is 1.12. The Kier molecular flexibility index (Phi) is 6.11. The number of aliphatic hydroxyl groups is 1. The van der Waals surface area contributed by atoms with Crippen LogP contribution in [0.5, 0.6) is 5.75 Å². The zero-order valence-corrected chi connectivity index (χ0v) is 13.0. The molecule has 4 heteroatoms. The topological polar surface area (TPSA) is 46.1 Å². The number of quaternary nitrogens is 1. The van der Waals surface area contributed by atoms with Crippen molar-refractivity contribution in [2.24, 2.45) is 0 Å². The van der Waals surface area contributed by atoms with Crippen molar-refractivity contribution in [2.45, 2.75) is 39.2 Å². The summed E-state index contributed by atoms with van der Waals surface area (Å²) in [6.07, 6.45) is -0.277. The number of hydrogen-bond acceptors (Lipinski definition) is 2. The highest BCUT2D eigenvalue weighted by Gasteiger charge is 2.19. The van der Waals surface area contributed by atoms with Gasteiger partial charge in [-0.3, -0.25) is 0 Å². The standard InChI is InChI=1S/C15H24ClNO2/c1-11(18)10-17-7-8-19-14-6-5-12(16)9-13(14)15(2,3)4/h5-6,9,11,17-18H,7-8,10H2,1-4H3/p+1/t11-/m0/s1. The van der Waals surface area contributed by atoms with Crippen LogP contribution in [0.25, 0.3) is 0 Å². The molecular weight excluding hydrogens is 262 g/mol. The molecule has 0 heterocycles. The van der Waals surface area contributed by atoms with Gasteiger partial charge in [-0.1, -0.05) is 32.4 Å². The molecule has 1 atom stereocenters. The van der Waals surface area contributed by atoms with Crippen molar-refractivity contribution in [3.8, 4) is 5.75 Å². The van der Waals surface area contributed by atoms with Crippen LogP contribution in [-0.2, 0) is 5.41 Å². The molecule has 0 spiro atoms. The Morgan fingerprint density at radius 1 is 1.37 bits per heavy atom. The third-order valence-corrected chi connectivity index (χ3v) is 3.07. The average molecular weight is 287 g/mol. The molecule has 1 rings (SSSR count). The molecule has 1 aromatic carbocycles. The maximum absolute atomic E-state index is 9.16. The zero-order valence-electron chi connectivity index (χ0n) is 12.2. The van der Waals surface area contributed by atoms with Crippen molar-refractivity contribution in [1.29, 1.82) is 0 Å². The maximum atomic E-state index is 9.16. The summed E-state index contributed by atoms with van der Waals surface area (Å²) in [6, 6.07) is 5.75. The first-order valence-electron chi connectivity index (χ1n) is 6.73.